The van der Waals surface area contributed by atoms with Gasteiger partial charge in [-0.3, -0.25) is 0 Å². The normalized spacial score (nSPS) is 19.0. The predicted molar refractivity (Wildman–Crippen MR) is 65.6 cm³/mol. The second-order valence-corrected chi connectivity index (χ2v) is 4.91. The zero-order valence-corrected chi connectivity index (χ0v) is 10.2. The molecule has 0 bridgehead atoms. The lowest BCUT2D eigenvalue weighted by Gasteiger charge is -2.31. The highest BCUT2D eigenvalue weighted by atomic mass is 32.2. The van der Waals surface area contributed by atoms with Gasteiger partial charge in [0.25, 0.3) is 0 Å². The molecular formula is C13H15NOS. The predicted octanol–water partition coefficient (Wildman–Crippen LogP) is 2.98. The van der Waals surface area contributed by atoms with Crippen molar-refractivity contribution in [2.24, 2.45) is 0 Å². The van der Waals surface area contributed by atoms with E-state index in [9.17, 15) is 5.26 Å². The Morgan fingerprint density at radius 3 is 2.38 bits per heavy atom. The Morgan fingerprint density at radius 2 is 1.88 bits per heavy atom. The molecule has 1 aromatic rings. The molecule has 0 saturated carbocycles. The van der Waals surface area contributed by atoms with Crippen LogP contribution in [0.4, 0.5) is 0 Å². The van der Waals surface area contributed by atoms with E-state index in [2.05, 4.69) is 36.6 Å². The quantitative estimate of drug-likeness (QED) is 0.736. The summed E-state index contributed by atoms with van der Waals surface area (Å²) in [6.07, 6.45) is 3.67. The Hall–Kier alpha value is -0.980. The monoisotopic (exact) mass is 233 g/mol. The van der Waals surface area contributed by atoms with Gasteiger partial charge in [0, 0.05) is 18.1 Å². The van der Waals surface area contributed by atoms with Crippen LogP contribution in [0, 0.1) is 11.3 Å². The van der Waals surface area contributed by atoms with Crippen LogP contribution < -0.4 is 0 Å². The molecule has 1 aromatic carbocycles. The summed E-state index contributed by atoms with van der Waals surface area (Å²) < 4.78 is 5.34. The standard InChI is InChI=1S/C13H15NOS/c1-16-12-4-2-11(3-5-12)13(10-14)6-8-15-9-7-13/h2-5H,6-9H2,1H3. The highest BCUT2D eigenvalue weighted by Gasteiger charge is 2.34. The fraction of sp³-hybridized carbons (Fsp3) is 0.462. The highest BCUT2D eigenvalue weighted by molar-refractivity contribution is 7.98. The van der Waals surface area contributed by atoms with Crippen molar-refractivity contribution in [3.63, 3.8) is 0 Å². The number of hydrogen-bond donors (Lipinski definition) is 0. The molecule has 0 amide bonds. The molecule has 0 unspecified atom stereocenters. The van der Waals surface area contributed by atoms with Crippen LogP contribution in [0.15, 0.2) is 29.2 Å². The van der Waals surface area contributed by atoms with E-state index >= 15 is 0 Å². The maximum atomic E-state index is 9.41. The van der Waals surface area contributed by atoms with Gasteiger partial charge in [-0.05, 0) is 36.8 Å². The van der Waals surface area contributed by atoms with Gasteiger partial charge in [0.2, 0.25) is 0 Å². The summed E-state index contributed by atoms with van der Waals surface area (Å²) in [6.45, 7) is 1.38. The van der Waals surface area contributed by atoms with Crippen molar-refractivity contribution in [1.82, 2.24) is 0 Å². The second-order valence-electron chi connectivity index (χ2n) is 4.03. The van der Waals surface area contributed by atoms with E-state index in [1.807, 2.05) is 0 Å². The van der Waals surface area contributed by atoms with E-state index in [0.29, 0.717) is 13.2 Å². The van der Waals surface area contributed by atoms with Crippen molar-refractivity contribution in [3.05, 3.63) is 29.8 Å². The van der Waals surface area contributed by atoms with Crippen molar-refractivity contribution in [3.8, 4) is 6.07 Å². The van der Waals surface area contributed by atoms with Gasteiger partial charge in [0.15, 0.2) is 0 Å². The summed E-state index contributed by atoms with van der Waals surface area (Å²) >= 11 is 1.72. The summed E-state index contributed by atoms with van der Waals surface area (Å²) in [7, 11) is 0. The van der Waals surface area contributed by atoms with Crippen LogP contribution in [-0.4, -0.2) is 19.5 Å². The van der Waals surface area contributed by atoms with Crippen LogP contribution in [0.3, 0.4) is 0 Å². The van der Waals surface area contributed by atoms with E-state index in [0.717, 1.165) is 18.4 Å². The van der Waals surface area contributed by atoms with Gasteiger partial charge in [-0.15, -0.1) is 11.8 Å². The summed E-state index contributed by atoms with van der Waals surface area (Å²) in [4.78, 5) is 1.24. The molecule has 1 heterocycles. The van der Waals surface area contributed by atoms with Crippen molar-refractivity contribution >= 4 is 11.8 Å². The fourth-order valence-corrected chi connectivity index (χ4v) is 2.50. The molecule has 0 aliphatic carbocycles. The average molecular weight is 233 g/mol. The molecule has 16 heavy (non-hydrogen) atoms. The van der Waals surface area contributed by atoms with Gasteiger partial charge >= 0.3 is 0 Å². The first-order valence-electron chi connectivity index (χ1n) is 5.44. The molecule has 0 atom stereocenters. The Kier molecular flexibility index (Phi) is 3.52. The molecule has 0 radical (unpaired) electrons. The lowest BCUT2D eigenvalue weighted by atomic mass is 9.75. The van der Waals surface area contributed by atoms with Gasteiger partial charge in [-0.1, -0.05) is 12.1 Å². The Balaban J connectivity index is 2.29. The van der Waals surface area contributed by atoms with Gasteiger partial charge < -0.3 is 4.74 Å². The number of thioether (sulfide) groups is 1. The first-order chi connectivity index (χ1) is 7.80. The minimum absolute atomic E-state index is 0.324. The first kappa shape index (κ1) is 11.5. The van der Waals surface area contributed by atoms with Crippen LogP contribution in [0.25, 0.3) is 0 Å². The maximum Gasteiger partial charge on any atom is 0.0866 e. The van der Waals surface area contributed by atoms with Gasteiger partial charge in [0.05, 0.1) is 11.5 Å². The third kappa shape index (κ3) is 2.09. The second kappa shape index (κ2) is 4.90. The van der Waals surface area contributed by atoms with Crippen LogP contribution in [0.1, 0.15) is 18.4 Å². The van der Waals surface area contributed by atoms with E-state index in [4.69, 9.17) is 4.74 Å². The smallest absolute Gasteiger partial charge is 0.0866 e. The van der Waals surface area contributed by atoms with Crippen LogP contribution in [0.5, 0.6) is 0 Å². The number of rotatable bonds is 2. The average Bonchev–Trinajstić information content (AvgIpc) is 2.39. The number of hydrogen-bond acceptors (Lipinski definition) is 3. The van der Waals surface area contributed by atoms with Gasteiger partial charge in [0.1, 0.15) is 0 Å². The fourth-order valence-electron chi connectivity index (χ4n) is 2.09. The molecule has 2 nitrogen and oxygen atoms in total. The van der Waals surface area contributed by atoms with Crippen LogP contribution in [-0.2, 0) is 10.2 Å². The molecule has 0 spiro atoms. The number of benzene rings is 1. The van der Waals surface area contributed by atoms with Crippen molar-refractivity contribution in [2.75, 3.05) is 19.5 Å². The number of ether oxygens (including phenoxy) is 1. The molecule has 0 aromatic heterocycles. The topological polar surface area (TPSA) is 33.0 Å². The van der Waals surface area contributed by atoms with Crippen molar-refractivity contribution in [2.45, 2.75) is 23.2 Å². The SMILES string of the molecule is CSc1ccc(C2(C#N)CCOCC2)cc1. The molecule has 84 valence electrons. The molecule has 0 N–H and O–H groups in total. The molecular weight excluding hydrogens is 218 g/mol. The third-order valence-corrected chi connectivity index (χ3v) is 3.95. The maximum absolute atomic E-state index is 9.41. The highest BCUT2D eigenvalue weighted by Crippen LogP contribution is 2.34. The van der Waals surface area contributed by atoms with E-state index in [-0.39, 0.29) is 5.41 Å². The van der Waals surface area contributed by atoms with Crippen molar-refractivity contribution in [1.29, 1.82) is 5.26 Å². The third-order valence-electron chi connectivity index (χ3n) is 3.20. The first-order valence-corrected chi connectivity index (χ1v) is 6.67. The summed E-state index contributed by atoms with van der Waals surface area (Å²) in [5, 5.41) is 9.41. The van der Waals surface area contributed by atoms with Gasteiger partial charge in [-0.25, -0.2) is 0 Å². The van der Waals surface area contributed by atoms with E-state index in [1.54, 1.807) is 11.8 Å². The van der Waals surface area contributed by atoms with E-state index < -0.39 is 0 Å². The van der Waals surface area contributed by atoms with E-state index in [1.165, 1.54) is 4.90 Å². The Morgan fingerprint density at radius 1 is 1.25 bits per heavy atom. The summed E-state index contributed by atoms with van der Waals surface area (Å²) in [5.41, 5.74) is 0.811. The Labute approximate surface area is 101 Å². The number of nitrogens with zero attached hydrogens (tertiary/aromatic N) is 1. The molecule has 3 heteroatoms. The molecule has 2 rings (SSSR count). The zero-order chi connectivity index (χ0) is 11.4. The number of nitriles is 1. The van der Waals surface area contributed by atoms with Crippen LogP contribution in [0.2, 0.25) is 0 Å². The van der Waals surface area contributed by atoms with Crippen LogP contribution >= 0.6 is 11.8 Å². The van der Waals surface area contributed by atoms with Gasteiger partial charge in [-0.2, -0.15) is 5.26 Å². The summed E-state index contributed by atoms with van der Waals surface area (Å²) in [6, 6.07) is 10.8. The minimum atomic E-state index is -0.324. The molecule has 1 aliphatic heterocycles. The Bertz CT molecular complexity index is 387. The van der Waals surface area contributed by atoms with Crippen molar-refractivity contribution < 1.29 is 4.74 Å². The lowest BCUT2D eigenvalue weighted by Crippen LogP contribution is -2.32. The molecule has 1 fully saturated rings. The molecule has 1 aliphatic rings. The largest absolute Gasteiger partial charge is 0.381 e. The lowest BCUT2D eigenvalue weighted by molar-refractivity contribution is 0.0675. The summed E-state index contributed by atoms with van der Waals surface area (Å²) in [5.74, 6) is 0. The minimum Gasteiger partial charge on any atom is -0.381 e. The molecule has 1 saturated heterocycles. The zero-order valence-electron chi connectivity index (χ0n) is 9.40.